The van der Waals surface area contributed by atoms with E-state index in [4.69, 9.17) is 0 Å². The summed E-state index contributed by atoms with van der Waals surface area (Å²) in [5, 5.41) is 2.68. The lowest BCUT2D eigenvalue weighted by Gasteiger charge is -2.36. The molecular weight excluding hydrogens is 248 g/mol. The molecule has 2 rings (SSSR count). The molecule has 1 fully saturated rings. The van der Waals surface area contributed by atoms with E-state index < -0.39 is 0 Å². The summed E-state index contributed by atoms with van der Waals surface area (Å²) in [5.41, 5.74) is 0.410. The standard InChI is InChI=1S/C13H20N2O2S/c1-9-6-4-5-7-11(9)15(2)13-14-10(8-18-13)12(16)17-3/h8-9,11H,4-7H2,1-3H3. The van der Waals surface area contributed by atoms with E-state index in [0.717, 1.165) is 5.13 Å². The SMILES string of the molecule is COC(=O)c1csc(N(C)C2CCCCC2C)n1. The largest absolute Gasteiger partial charge is 0.464 e. The number of anilines is 1. The third-order valence-corrected chi connectivity index (χ3v) is 4.68. The van der Waals surface area contributed by atoms with Crippen LogP contribution in [0, 0.1) is 5.92 Å². The molecule has 0 aliphatic heterocycles. The normalized spacial score (nSPS) is 23.7. The third kappa shape index (κ3) is 2.66. The predicted molar refractivity (Wildman–Crippen MR) is 73.3 cm³/mol. The molecule has 1 heterocycles. The van der Waals surface area contributed by atoms with Crippen molar-refractivity contribution >= 4 is 22.4 Å². The monoisotopic (exact) mass is 268 g/mol. The van der Waals surface area contributed by atoms with Crippen molar-refractivity contribution in [3.63, 3.8) is 0 Å². The molecule has 0 radical (unpaired) electrons. The fourth-order valence-electron chi connectivity index (χ4n) is 2.64. The maximum Gasteiger partial charge on any atom is 0.357 e. The maximum atomic E-state index is 11.4. The summed E-state index contributed by atoms with van der Waals surface area (Å²) in [6, 6.07) is 0.537. The minimum Gasteiger partial charge on any atom is -0.464 e. The van der Waals surface area contributed by atoms with Gasteiger partial charge in [0.25, 0.3) is 0 Å². The molecule has 0 amide bonds. The van der Waals surface area contributed by atoms with Crippen LogP contribution >= 0.6 is 11.3 Å². The van der Waals surface area contributed by atoms with Gasteiger partial charge in [-0.3, -0.25) is 0 Å². The number of carbonyl (C=O) groups is 1. The number of hydrogen-bond donors (Lipinski definition) is 0. The zero-order valence-electron chi connectivity index (χ0n) is 11.2. The van der Waals surface area contributed by atoms with Crippen molar-refractivity contribution in [1.29, 1.82) is 0 Å². The second-order valence-corrected chi connectivity index (χ2v) is 5.78. The van der Waals surface area contributed by atoms with E-state index >= 15 is 0 Å². The number of nitrogens with zero attached hydrogens (tertiary/aromatic N) is 2. The van der Waals surface area contributed by atoms with Crippen molar-refractivity contribution in [2.24, 2.45) is 5.92 Å². The van der Waals surface area contributed by atoms with Gasteiger partial charge in [0.05, 0.1) is 7.11 Å². The Kier molecular flexibility index (Phi) is 4.22. The fourth-order valence-corrected chi connectivity index (χ4v) is 3.46. The maximum absolute atomic E-state index is 11.4. The number of rotatable bonds is 3. The van der Waals surface area contributed by atoms with E-state index in [-0.39, 0.29) is 5.97 Å². The van der Waals surface area contributed by atoms with Crippen molar-refractivity contribution in [2.75, 3.05) is 19.1 Å². The summed E-state index contributed by atoms with van der Waals surface area (Å²) in [6.45, 7) is 2.30. The first kappa shape index (κ1) is 13.3. The predicted octanol–water partition coefficient (Wildman–Crippen LogP) is 2.94. The zero-order valence-corrected chi connectivity index (χ0v) is 12.0. The Morgan fingerprint density at radius 3 is 2.89 bits per heavy atom. The van der Waals surface area contributed by atoms with E-state index in [0.29, 0.717) is 17.7 Å². The number of ether oxygens (including phenoxy) is 1. The van der Waals surface area contributed by atoms with E-state index in [2.05, 4.69) is 28.6 Å². The van der Waals surface area contributed by atoms with Crippen molar-refractivity contribution in [2.45, 2.75) is 38.6 Å². The van der Waals surface area contributed by atoms with Gasteiger partial charge in [0.15, 0.2) is 10.8 Å². The molecule has 4 nitrogen and oxygen atoms in total. The first-order valence-electron chi connectivity index (χ1n) is 6.40. The Hall–Kier alpha value is -1.10. The average molecular weight is 268 g/mol. The van der Waals surface area contributed by atoms with Crippen LogP contribution in [0.1, 0.15) is 43.1 Å². The van der Waals surface area contributed by atoms with Gasteiger partial charge in [-0.2, -0.15) is 0 Å². The summed E-state index contributed by atoms with van der Waals surface area (Å²) in [7, 11) is 3.46. The Balaban J connectivity index is 2.10. The van der Waals surface area contributed by atoms with Crippen molar-refractivity contribution < 1.29 is 9.53 Å². The van der Waals surface area contributed by atoms with Gasteiger partial charge in [-0.05, 0) is 18.8 Å². The van der Waals surface area contributed by atoms with E-state index in [9.17, 15) is 4.79 Å². The number of thiazole rings is 1. The smallest absolute Gasteiger partial charge is 0.357 e. The quantitative estimate of drug-likeness (QED) is 0.790. The molecule has 1 aliphatic rings. The van der Waals surface area contributed by atoms with Gasteiger partial charge in [0, 0.05) is 18.5 Å². The first-order chi connectivity index (χ1) is 8.63. The fraction of sp³-hybridized carbons (Fsp3) is 0.692. The highest BCUT2D eigenvalue weighted by Gasteiger charge is 2.27. The molecule has 0 N–H and O–H groups in total. The van der Waals surface area contributed by atoms with Crippen molar-refractivity contribution in [3.8, 4) is 0 Å². The van der Waals surface area contributed by atoms with Gasteiger partial charge < -0.3 is 9.64 Å². The van der Waals surface area contributed by atoms with E-state index in [1.54, 1.807) is 5.38 Å². The topological polar surface area (TPSA) is 42.4 Å². The molecule has 0 bridgehead atoms. The molecule has 1 aromatic heterocycles. The second-order valence-electron chi connectivity index (χ2n) is 4.95. The molecule has 100 valence electrons. The van der Waals surface area contributed by atoms with Crippen molar-refractivity contribution in [3.05, 3.63) is 11.1 Å². The van der Waals surface area contributed by atoms with Crippen LogP contribution in [0.15, 0.2) is 5.38 Å². The van der Waals surface area contributed by atoms with E-state index in [1.165, 1.54) is 44.1 Å². The molecule has 1 aromatic rings. The molecule has 2 unspecified atom stereocenters. The van der Waals surface area contributed by atoms with Gasteiger partial charge in [0.2, 0.25) is 0 Å². The number of esters is 1. The van der Waals surface area contributed by atoms with Gasteiger partial charge in [0.1, 0.15) is 0 Å². The lowest BCUT2D eigenvalue weighted by atomic mass is 9.85. The molecule has 18 heavy (non-hydrogen) atoms. The van der Waals surface area contributed by atoms with Crippen LogP contribution in [0.2, 0.25) is 0 Å². The molecular formula is C13H20N2O2S. The minimum absolute atomic E-state index is 0.359. The van der Waals surface area contributed by atoms with Gasteiger partial charge >= 0.3 is 5.97 Å². The van der Waals surface area contributed by atoms with Crippen LogP contribution in [0.4, 0.5) is 5.13 Å². The second kappa shape index (κ2) is 5.69. The first-order valence-corrected chi connectivity index (χ1v) is 7.28. The molecule has 0 spiro atoms. The van der Waals surface area contributed by atoms with Gasteiger partial charge in [-0.1, -0.05) is 19.8 Å². The minimum atomic E-state index is -0.359. The highest BCUT2D eigenvalue weighted by molar-refractivity contribution is 7.13. The molecule has 0 aromatic carbocycles. The van der Waals surface area contributed by atoms with Gasteiger partial charge in [-0.25, -0.2) is 9.78 Å². The molecule has 1 saturated carbocycles. The summed E-state index contributed by atoms with van der Waals surface area (Å²) in [5.74, 6) is 0.330. The van der Waals surface area contributed by atoms with Crippen LogP contribution < -0.4 is 4.90 Å². The Labute approximate surface area is 112 Å². The van der Waals surface area contributed by atoms with Crippen LogP contribution in [0.3, 0.4) is 0 Å². The van der Waals surface area contributed by atoms with Crippen LogP contribution in [-0.2, 0) is 4.74 Å². The Morgan fingerprint density at radius 2 is 2.22 bits per heavy atom. The summed E-state index contributed by atoms with van der Waals surface area (Å²) < 4.78 is 4.68. The number of aromatic nitrogens is 1. The Morgan fingerprint density at radius 1 is 1.50 bits per heavy atom. The highest BCUT2D eigenvalue weighted by atomic mass is 32.1. The summed E-state index contributed by atoms with van der Waals surface area (Å²) in [4.78, 5) is 18.0. The summed E-state index contributed by atoms with van der Waals surface area (Å²) >= 11 is 1.51. The average Bonchev–Trinajstić information content (AvgIpc) is 2.87. The molecule has 2 atom stereocenters. The van der Waals surface area contributed by atoms with Crippen molar-refractivity contribution in [1.82, 2.24) is 4.98 Å². The summed E-state index contributed by atoms with van der Waals surface area (Å²) in [6.07, 6.45) is 5.11. The number of methoxy groups -OCH3 is 1. The lowest BCUT2D eigenvalue weighted by Crippen LogP contribution is -2.39. The molecule has 5 heteroatoms. The lowest BCUT2D eigenvalue weighted by molar-refractivity contribution is 0.0595. The Bertz CT molecular complexity index is 419. The van der Waals surface area contributed by atoms with Crippen LogP contribution in [0.5, 0.6) is 0 Å². The molecule has 1 aliphatic carbocycles. The number of hydrogen-bond acceptors (Lipinski definition) is 5. The van der Waals surface area contributed by atoms with Gasteiger partial charge in [-0.15, -0.1) is 11.3 Å². The van der Waals surface area contributed by atoms with E-state index in [1.807, 2.05) is 0 Å². The zero-order chi connectivity index (χ0) is 13.1. The third-order valence-electron chi connectivity index (χ3n) is 3.75. The number of carbonyl (C=O) groups excluding carboxylic acids is 1. The van der Waals surface area contributed by atoms with Crippen LogP contribution in [0.25, 0.3) is 0 Å². The highest BCUT2D eigenvalue weighted by Crippen LogP contribution is 2.31. The van der Waals surface area contributed by atoms with Crippen LogP contribution in [-0.4, -0.2) is 31.2 Å². The molecule has 0 saturated heterocycles.